The molecule has 2 amide bonds. The summed E-state index contributed by atoms with van der Waals surface area (Å²) in [6, 6.07) is 43.5. The molecule has 0 unspecified atom stereocenters. The Morgan fingerprint density at radius 2 is 1.04 bits per heavy atom. The van der Waals surface area contributed by atoms with Gasteiger partial charge in [-0.3, -0.25) is 24.1 Å². The van der Waals surface area contributed by atoms with Crippen molar-refractivity contribution in [1.29, 1.82) is 0 Å². The third kappa shape index (κ3) is 7.19. The summed E-state index contributed by atoms with van der Waals surface area (Å²) in [5.41, 5.74) is 2.42. The standard InChI is InChI=1S/C44H39NO9/c1-29(46)52-39-37(28-51-44(32-19-9-4-10-20-32,33-21-11-5-12-22-33)34-23-13-6-14-24-34)54-43(50-27-31-17-7-3-8-18-31)38(40(39)53-30(2)47)45-41(48)35-25-15-16-26-36(35)42(45)49/h3-26,37-40,43H,27-28H2,1-2H3/t37-,38-,39-,40-,43-/m1/s1. The summed E-state index contributed by atoms with van der Waals surface area (Å²) in [4.78, 5) is 54.8. The van der Waals surface area contributed by atoms with Crippen LogP contribution in [0.15, 0.2) is 146 Å². The molecule has 54 heavy (non-hydrogen) atoms. The van der Waals surface area contributed by atoms with E-state index >= 15 is 0 Å². The molecule has 10 nitrogen and oxygen atoms in total. The predicted octanol–water partition coefficient (Wildman–Crippen LogP) is 6.47. The van der Waals surface area contributed by atoms with E-state index in [4.69, 9.17) is 23.7 Å². The number of amides is 2. The van der Waals surface area contributed by atoms with E-state index in [1.54, 1.807) is 24.3 Å². The second-order valence-corrected chi connectivity index (χ2v) is 13.1. The Hall–Kier alpha value is -5.94. The summed E-state index contributed by atoms with van der Waals surface area (Å²) >= 11 is 0. The predicted molar refractivity (Wildman–Crippen MR) is 197 cm³/mol. The van der Waals surface area contributed by atoms with Gasteiger partial charge in [0.2, 0.25) is 0 Å². The van der Waals surface area contributed by atoms with Crippen molar-refractivity contribution in [2.45, 2.75) is 56.7 Å². The first-order valence-corrected chi connectivity index (χ1v) is 17.7. The molecule has 0 N–H and O–H groups in total. The van der Waals surface area contributed by atoms with E-state index in [2.05, 4.69) is 0 Å². The number of esters is 2. The molecule has 0 spiro atoms. The smallest absolute Gasteiger partial charge is 0.303 e. The van der Waals surface area contributed by atoms with Crippen LogP contribution in [0.4, 0.5) is 0 Å². The second kappa shape index (κ2) is 16.0. The molecule has 274 valence electrons. The summed E-state index contributed by atoms with van der Waals surface area (Å²) in [5.74, 6) is -2.67. The van der Waals surface area contributed by atoms with Crippen molar-refractivity contribution in [1.82, 2.24) is 4.90 Å². The highest BCUT2D eigenvalue weighted by atomic mass is 16.7. The van der Waals surface area contributed by atoms with Crippen molar-refractivity contribution in [2.75, 3.05) is 6.61 Å². The van der Waals surface area contributed by atoms with E-state index in [9.17, 15) is 19.2 Å². The third-order valence-corrected chi connectivity index (χ3v) is 9.60. The van der Waals surface area contributed by atoms with Crippen LogP contribution in [-0.4, -0.2) is 65.9 Å². The van der Waals surface area contributed by atoms with Crippen molar-refractivity contribution in [3.05, 3.63) is 179 Å². The van der Waals surface area contributed by atoms with Crippen LogP contribution in [0.2, 0.25) is 0 Å². The number of nitrogens with zero attached hydrogens (tertiary/aromatic N) is 1. The number of hydrogen-bond acceptors (Lipinski definition) is 9. The molecule has 0 saturated carbocycles. The number of rotatable bonds is 12. The molecule has 1 saturated heterocycles. The molecular formula is C44H39NO9. The molecule has 7 rings (SSSR count). The normalized spacial score (nSPS) is 21.0. The fourth-order valence-electron chi connectivity index (χ4n) is 7.30. The van der Waals surface area contributed by atoms with Gasteiger partial charge in [-0.05, 0) is 34.4 Å². The van der Waals surface area contributed by atoms with E-state index in [0.29, 0.717) is 0 Å². The zero-order chi connectivity index (χ0) is 37.7. The topological polar surface area (TPSA) is 118 Å². The largest absolute Gasteiger partial charge is 0.456 e. The van der Waals surface area contributed by atoms with Crippen molar-refractivity contribution in [2.24, 2.45) is 0 Å². The lowest BCUT2D eigenvalue weighted by atomic mass is 9.80. The lowest BCUT2D eigenvalue weighted by Gasteiger charge is -2.48. The summed E-state index contributed by atoms with van der Waals surface area (Å²) in [5, 5.41) is 0. The molecule has 5 aromatic rings. The highest BCUT2D eigenvalue weighted by Gasteiger charge is 2.57. The first-order valence-electron chi connectivity index (χ1n) is 17.7. The van der Waals surface area contributed by atoms with Crippen LogP contribution in [0.25, 0.3) is 0 Å². The summed E-state index contributed by atoms with van der Waals surface area (Å²) in [6.45, 7) is 2.23. The van der Waals surface area contributed by atoms with Crippen LogP contribution in [0.5, 0.6) is 0 Å². The fraction of sp³-hybridized carbons (Fsp3) is 0.227. The Bertz CT molecular complexity index is 1960. The number of carbonyl (C=O) groups excluding carboxylic acids is 4. The average Bonchev–Trinajstić information content (AvgIpc) is 3.45. The van der Waals surface area contributed by atoms with Gasteiger partial charge in [-0.25, -0.2) is 0 Å². The quantitative estimate of drug-likeness (QED) is 0.0811. The molecule has 5 atom stereocenters. The molecule has 1 fully saturated rings. The highest BCUT2D eigenvalue weighted by Crippen LogP contribution is 2.42. The van der Waals surface area contributed by atoms with Crippen LogP contribution in [-0.2, 0) is 45.5 Å². The first-order chi connectivity index (χ1) is 26.3. The summed E-state index contributed by atoms with van der Waals surface area (Å²) < 4.78 is 32.1. The molecule has 2 aliphatic rings. The summed E-state index contributed by atoms with van der Waals surface area (Å²) in [7, 11) is 0. The van der Waals surface area contributed by atoms with Gasteiger partial charge in [-0.1, -0.05) is 133 Å². The Morgan fingerprint density at radius 1 is 0.611 bits per heavy atom. The van der Waals surface area contributed by atoms with Crippen molar-refractivity contribution in [3.63, 3.8) is 0 Å². The molecule has 10 heteroatoms. The van der Waals surface area contributed by atoms with E-state index in [0.717, 1.165) is 27.2 Å². The van der Waals surface area contributed by atoms with Crippen LogP contribution in [0, 0.1) is 0 Å². The Morgan fingerprint density at radius 3 is 1.50 bits per heavy atom. The van der Waals surface area contributed by atoms with Gasteiger partial charge >= 0.3 is 11.9 Å². The van der Waals surface area contributed by atoms with Gasteiger partial charge in [0.15, 0.2) is 18.5 Å². The molecule has 0 bridgehead atoms. The minimum absolute atomic E-state index is 0.0196. The third-order valence-electron chi connectivity index (χ3n) is 9.60. The van der Waals surface area contributed by atoms with Gasteiger partial charge in [0, 0.05) is 13.8 Å². The Labute approximate surface area is 313 Å². The van der Waals surface area contributed by atoms with Crippen molar-refractivity contribution < 1.29 is 42.9 Å². The van der Waals surface area contributed by atoms with E-state index in [1.165, 1.54) is 13.8 Å². The van der Waals surface area contributed by atoms with Gasteiger partial charge in [0.05, 0.1) is 24.3 Å². The SMILES string of the molecule is CC(=O)O[C@H]1[C@H](OC(C)=O)[C@@H](COC(c2ccccc2)(c2ccccc2)c2ccccc2)O[C@@H](OCc2ccccc2)[C@@H]1N1C(=O)c2ccccc2C1=O. The first kappa shape index (κ1) is 36.4. The molecular weight excluding hydrogens is 686 g/mol. The van der Waals surface area contributed by atoms with Crippen LogP contribution in [0.1, 0.15) is 56.8 Å². The van der Waals surface area contributed by atoms with Gasteiger partial charge in [-0.15, -0.1) is 0 Å². The Kier molecular flexibility index (Phi) is 10.8. The lowest BCUT2D eigenvalue weighted by molar-refractivity contribution is -0.292. The number of ether oxygens (including phenoxy) is 5. The van der Waals surface area contributed by atoms with Crippen LogP contribution < -0.4 is 0 Å². The minimum Gasteiger partial charge on any atom is -0.456 e. The highest BCUT2D eigenvalue weighted by molar-refractivity contribution is 6.21. The van der Waals surface area contributed by atoms with Gasteiger partial charge < -0.3 is 23.7 Å². The van der Waals surface area contributed by atoms with Gasteiger partial charge in [-0.2, -0.15) is 0 Å². The van der Waals surface area contributed by atoms with Gasteiger partial charge in [0.25, 0.3) is 11.8 Å². The minimum atomic E-state index is -1.41. The number of benzene rings is 5. The van der Waals surface area contributed by atoms with Crippen LogP contribution in [0.3, 0.4) is 0 Å². The Balaban J connectivity index is 1.33. The fourth-order valence-corrected chi connectivity index (χ4v) is 7.30. The molecule has 0 radical (unpaired) electrons. The lowest BCUT2D eigenvalue weighted by Crippen LogP contribution is -2.67. The molecule has 0 aliphatic carbocycles. The summed E-state index contributed by atoms with van der Waals surface area (Å²) in [6.07, 6.45) is -5.22. The van der Waals surface area contributed by atoms with Crippen molar-refractivity contribution in [3.8, 4) is 0 Å². The van der Waals surface area contributed by atoms with E-state index < -0.39 is 60.0 Å². The molecule has 0 aromatic heterocycles. The number of hydrogen-bond donors (Lipinski definition) is 0. The second-order valence-electron chi connectivity index (χ2n) is 13.1. The molecule has 2 aliphatic heterocycles. The van der Waals surface area contributed by atoms with E-state index in [-0.39, 0.29) is 24.3 Å². The molecule has 2 heterocycles. The van der Waals surface area contributed by atoms with Crippen LogP contribution >= 0.6 is 0 Å². The molecule has 5 aromatic carbocycles. The average molecular weight is 726 g/mol. The van der Waals surface area contributed by atoms with E-state index in [1.807, 2.05) is 121 Å². The zero-order valence-electron chi connectivity index (χ0n) is 29.8. The zero-order valence-corrected chi connectivity index (χ0v) is 29.8. The maximum atomic E-state index is 14.0. The number of carbonyl (C=O) groups is 4. The maximum absolute atomic E-state index is 14.0. The number of fused-ring (bicyclic) bond motifs is 1. The maximum Gasteiger partial charge on any atom is 0.303 e. The number of imide groups is 1. The van der Waals surface area contributed by atoms with Crippen molar-refractivity contribution >= 4 is 23.8 Å². The van der Waals surface area contributed by atoms with Gasteiger partial charge in [0.1, 0.15) is 17.7 Å². The monoisotopic (exact) mass is 725 g/mol.